The molecule has 0 radical (unpaired) electrons. The molecule has 3 rings (SSSR count). The molecule has 0 amide bonds. The molecule has 106 valence electrons. The first kappa shape index (κ1) is 13.4. The van der Waals surface area contributed by atoms with Crippen molar-refractivity contribution in [3.63, 3.8) is 0 Å². The Bertz CT molecular complexity index is 785. The van der Waals surface area contributed by atoms with Gasteiger partial charge >= 0.3 is 0 Å². The lowest BCUT2D eigenvalue weighted by Gasteiger charge is -2.08. The zero-order valence-electron chi connectivity index (χ0n) is 12.3. The highest BCUT2D eigenvalue weighted by atomic mass is 16.5. The molecule has 1 aromatic carbocycles. The Morgan fingerprint density at radius 3 is 2.67 bits per heavy atom. The number of nitrogens with zero attached hydrogens (tertiary/aromatic N) is 2. The Balaban J connectivity index is 2.00. The van der Waals surface area contributed by atoms with Crippen molar-refractivity contribution in [2.24, 2.45) is 0 Å². The number of ether oxygens (including phenoxy) is 1. The average molecular weight is 278 g/mol. The van der Waals surface area contributed by atoms with Gasteiger partial charge in [0.25, 0.3) is 0 Å². The van der Waals surface area contributed by atoms with E-state index in [0.717, 1.165) is 23.2 Å². The van der Waals surface area contributed by atoms with Crippen molar-refractivity contribution in [1.29, 1.82) is 0 Å². The maximum Gasteiger partial charge on any atom is 0.212 e. The van der Waals surface area contributed by atoms with E-state index in [4.69, 9.17) is 4.74 Å². The van der Waals surface area contributed by atoms with Gasteiger partial charge in [0.15, 0.2) is 0 Å². The number of rotatable bonds is 4. The molecule has 3 aromatic rings. The summed E-state index contributed by atoms with van der Waals surface area (Å²) in [6, 6.07) is 12.4. The number of aromatic nitrogens is 2. The molecule has 0 bridgehead atoms. The van der Waals surface area contributed by atoms with Gasteiger partial charge in [0.1, 0.15) is 0 Å². The summed E-state index contributed by atoms with van der Waals surface area (Å²) in [7, 11) is 1.61. The molecule has 0 atom stereocenters. The molecule has 21 heavy (non-hydrogen) atoms. The van der Waals surface area contributed by atoms with E-state index < -0.39 is 0 Å². The van der Waals surface area contributed by atoms with Crippen LogP contribution in [-0.4, -0.2) is 16.7 Å². The Hall–Kier alpha value is -2.55. The Labute approximate surface area is 124 Å². The standard InChI is InChI=1S/C18H18N2O/c1-4-20-10-9-14-5-6-15(11-17(14)20)13(2)16-7-8-18(21-3)19-12-16/h5-12H,2,4H2,1,3H3. The van der Waals surface area contributed by atoms with Gasteiger partial charge in [0, 0.05) is 36.1 Å². The predicted molar refractivity (Wildman–Crippen MR) is 86.5 cm³/mol. The molecule has 0 N–H and O–H groups in total. The van der Waals surface area contributed by atoms with E-state index >= 15 is 0 Å². The van der Waals surface area contributed by atoms with Crippen LogP contribution in [0.25, 0.3) is 16.5 Å². The van der Waals surface area contributed by atoms with Gasteiger partial charge in [-0.2, -0.15) is 0 Å². The summed E-state index contributed by atoms with van der Waals surface area (Å²) in [5, 5.41) is 1.25. The summed E-state index contributed by atoms with van der Waals surface area (Å²) in [5.41, 5.74) is 4.32. The van der Waals surface area contributed by atoms with Crippen LogP contribution in [0, 0.1) is 0 Å². The van der Waals surface area contributed by atoms with E-state index in [2.05, 4.69) is 53.5 Å². The zero-order chi connectivity index (χ0) is 14.8. The molecule has 0 aliphatic rings. The van der Waals surface area contributed by atoms with Crippen molar-refractivity contribution < 1.29 is 4.74 Å². The van der Waals surface area contributed by atoms with Crippen LogP contribution in [0.5, 0.6) is 5.88 Å². The highest BCUT2D eigenvalue weighted by Crippen LogP contribution is 2.26. The van der Waals surface area contributed by atoms with Crippen LogP contribution in [0.15, 0.2) is 55.4 Å². The van der Waals surface area contributed by atoms with Crippen molar-refractivity contribution in [3.05, 3.63) is 66.5 Å². The van der Waals surface area contributed by atoms with Gasteiger partial charge in [-0.1, -0.05) is 18.7 Å². The van der Waals surface area contributed by atoms with E-state index in [0.29, 0.717) is 5.88 Å². The Kier molecular flexibility index (Phi) is 3.48. The minimum absolute atomic E-state index is 0.613. The van der Waals surface area contributed by atoms with Crippen molar-refractivity contribution in [3.8, 4) is 5.88 Å². The lowest BCUT2D eigenvalue weighted by Crippen LogP contribution is -1.93. The normalized spacial score (nSPS) is 10.8. The second-order valence-corrected chi connectivity index (χ2v) is 4.94. The lowest BCUT2D eigenvalue weighted by atomic mass is 10.0. The molecule has 2 heterocycles. The van der Waals surface area contributed by atoms with Crippen LogP contribution in [0.1, 0.15) is 18.1 Å². The molecule has 0 saturated carbocycles. The molecule has 0 fully saturated rings. The Morgan fingerprint density at radius 1 is 1.19 bits per heavy atom. The number of fused-ring (bicyclic) bond motifs is 1. The second-order valence-electron chi connectivity index (χ2n) is 4.94. The number of methoxy groups -OCH3 is 1. The van der Waals surface area contributed by atoms with Gasteiger partial charge < -0.3 is 9.30 Å². The summed E-state index contributed by atoms with van der Waals surface area (Å²) in [4.78, 5) is 4.24. The van der Waals surface area contributed by atoms with E-state index in [9.17, 15) is 0 Å². The van der Waals surface area contributed by atoms with E-state index in [-0.39, 0.29) is 0 Å². The largest absolute Gasteiger partial charge is 0.481 e. The van der Waals surface area contributed by atoms with Crippen molar-refractivity contribution >= 4 is 16.5 Å². The Morgan fingerprint density at radius 2 is 2.00 bits per heavy atom. The number of hydrogen-bond donors (Lipinski definition) is 0. The van der Waals surface area contributed by atoms with Crippen LogP contribution >= 0.6 is 0 Å². The number of hydrogen-bond acceptors (Lipinski definition) is 2. The van der Waals surface area contributed by atoms with Crippen molar-refractivity contribution in [2.75, 3.05) is 7.11 Å². The third-order valence-corrected chi connectivity index (χ3v) is 3.76. The van der Waals surface area contributed by atoms with Gasteiger partial charge in [0.05, 0.1) is 7.11 Å². The molecule has 3 nitrogen and oxygen atoms in total. The van der Waals surface area contributed by atoms with Crippen LogP contribution < -0.4 is 4.74 Å². The molecule has 0 spiro atoms. The van der Waals surface area contributed by atoms with Crippen LogP contribution in [0.3, 0.4) is 0 Å². The van der Waals surface area contributed by atoms with Gasteiger partial charge in [-0.3, -0.25) is 0 Å². The fourth-order valence-electron chi connectivity index (χ4n) is 2.49. The quantitative estimate of drug-likeness (QED) is 0.717. The number of aryl methyl sites for hydroxylation is 1. The van der Waals surface area contributed by atoms with Crippen LogP contribution in [-0.2, 0) is 6.54 Å². The minimum Gasteiger partial charge on any atom is -0.481 e. The highest BCUT2D eigenvalue weighted by Gasteiger charge is 2.06. The summed E-state index contributed by atoms with van der Waals surface area (Å²) >= 11 is 0. The summed E-state index contributed by atoms with van der Waals surface area (Å²) in [5.74, 6) is 0.613. The molecule has 0 aliphatic carbocycles. The molecule has 0 saturated heterocycles. The molecule has 2 aromatic heterocycles. The zero-order valence-corrected chi connectivity index (χ0v) is 12.3. The van der Waals surface area contributed by atoms with Gasteiger partial charge in [-0.05, 0) is 41.6 Å². The molecular formula is C18H18N2O. The van der Waals surface area contributed by atoms with E-state index in [1.54, 1.807) is 13.3 Å². The van der Waals surface area contributed by atoms with Crippen molar-refractivity contribution in [1.82, 2.24) is 9.55 Å². The maximum atomic E-state index is 5.09. The monoisotopic (exact) mass is 278 g/mol. The fourth-order valence-corrected chi connectivity index (χ4v) is 2.49. The first-order chi connectivity index (χ1) is 10.2. The van der Waals surface area contributed by atoms with Crippen molar-refractivity contribution in [2.45, 2.75) is 13.5 Å². The third kappa shape index (κ3) is 2.42. The van der Waals surface area contributed by atoms with Crippen LogP contribution in [0.2, 0.25) is 0 Å². The second kappa shape index (κ2) is 5.44. The highest BCUT2D eigenvalue weighted by molar-refractivity contribution is 5.87. The number of benzene rings is 1. The lowest BCUT2D eigenvalue weighted by molar-refractivity contribution is 0.398. The fraction of sp³-hybridized carbons (Fsp3) is 0.167. The first-order valence-corrected chi connectivity index (χ1v) is 7.01. The van der Waals surface area contributed by atoms with E-state index in [1.807, 2.05) is 12.1 Å². The summed E-state index contributed by atoms with van der Waals surface area (Å²) in [6.45, 7) is 7.32. The summed E-state index contributed by atoms with van der Waals surface area (Å²) in [6.07, 6.45) is 3.91. The van der Waals surface area contributed by atoms with Crippen LogP contribution in [0.4, 0.5) is 0 Å². The first-order valence-electron chi connectivity index (χ1n) is 7.01. The average Bonchev–Trinajstić information content (AvgIpc) is 2.96. The third-order valence-electron chi connectivity index (χ3n) is 3.76. The molecule has 0 aliphatic heterocycles. The summed E-state index contributed by atoms with van der Waals surface area (Å²) < 4.78 is 7.32. The topological polar surface area (TPSA) is 27.1 Å². The predicted octanol–water partition coefficient (Wildman–Crippen LogP) is 4.13. The van der Waals surface area contributed by atoms with Gasteiger partial charge in [-0.25, -0.2) is 4.98 Å². The molecular weight excluding hydrogens is 260 g/mol. The minimum atomic E-state index is 0.613. The number of pyridine rings is 1. The van der Waals surface area contributed by atoms with Gasteiger partial charge in [-0.15, -0.1) is 0 Å². The maximum absolute atomic E-state index is 5.09. The SMILES string of the molecule is C=C(c1ccc(OC)nc1)c1ccc2ccn(CC)c2c1. The van der Waals surface area contributed by atoms with Gasteiger partial charge in [0.2, 0.25) is 5.88 Å². The molecule has 0 unspecified atom stereocenters. The smallest absolute Gasteiger partial charge is 0.212 e. The molecule has 3 heteroatoms. The van der Waals surface area contributed by atoms with E-state index in [1.165, 1.54) is 10.9 Å².